The van der Waals surface area contributed by atoms with Crippen LogP contribution in [-0.2, 0) is 11.2 Å². The van der Waals surface area contributed by atoms with E-state index in [1.54, 1.807) is 6.92 Å². The molecular formula is C14H19F2NO. The Morgan fingerprint density at radius 2 is 2.00 bits per heavy atom. The topological polar surface area (TPSA) is 20.3 Å². The van der Waals surface area contributed by atoms with Crippen LogP contribution in [0.15, 0.2) is 18.2 Å². The SMILES string of the molecule is CC(=O)CCCN(C)CCc1ccc(F)cc1F. The zero-order valence-corrected chi connectivity index (χ0v) is 10.9. The molecule has 0 fully saturated rings. The summed E-state index contributed by atoms with van der Waals surface area (Å²) in [5.41, 5.74) is 0.523. The summed E-state index contributed by atoms with van der Waals surface area (Å²) in [6.45, 7) is 3.08. The highest BCUT2D eigenvalue weighted by molar-refractivity contribution is 5.75. The highest BCUT2D eigenvalue weighted by atomic mass is 19.1. The van der Waals surface area contributed by atoms with E-state index in [0.717, 1.165) is 19.0 Å². The lowest BCUT2D eigenvalue weighted by atomic mass is 10.1. The van der Waals surface area contributed by atoms with Crippen LogP contribution < -0.4 is 0 Å². The van der Waals surface area contributed by atoms with Crippen molar-refractivity contribution in [2.45, 2.75) is 26.2 Å². The van der Waals surface area contributed by atoms with E-state index in [1.165, 1.54) is 12.1 Å². The summed E-state index contributed by atoms with van der Waals surface area (Å²) < 4.78 is 26.1. The molecule has 0 saturated carbocycles. The van der Waals surface area contributed by atoms with E-state index >= 15 is 0 Å². The predicted octanol–water partition coefficient (Wildman–Crippen LogP) is 2.81. The van der Waals surface area contributed by atoms with Crippen molar-refractivity contribution in [1.29, 1.82) is 0 Å². The summed E-state index contributed by atoms with van der Waals surface area (Å²) in [7, 11) is 1.93. The molecule has 0 unspecified atom stereocenters. The molecule has 0 saturated heterocycles. The Morgan fingerprint density at radius 1 is 1.28 bits per heavy atom. The second-order valence-electron chi connectivity index (χ2n) is 4.59. The molecule has 1 aromatic rings. The van der Waals surface area contributed by atoms with Gasteiger partial charge in [-0.05, 0) is 45.0 Å². The minimum Gasteiger partial charge on any atom is -0.306 e. The smallest absolute Gasteiger partial charge is 0.129 e. The summed E-state index contributed by atoms with van der Waals surface area (Å²) in [6, 6.07) is 3.66. The molecule has 0 amide bonds. The molecular weight excluding hydrogens is 236 g/mol. The molecule has 0 bridgehead atoms. The van der Waals surface area contributed by atoms with Gasteiger partial charge in [-0.3, -0.25) is 0 Å². The van der Waals surface area contributed by atoms with Crippen molar-refractivity contribution < 1.29 is 13.6 Å². The van der Waals surface area contributed by atoms with Crippen LogP contribution >= 0.6 is 0 Å². The van der Waals surface area contributed by atoms with Gasteiger partial charge in [0.05, 0.1) is 0 Å². The van der Waals surface area contributed by atoms with Gasteiger partial charge in [-0.15, -0.1) is 0 Å². The number of hydrogen-bond donors (Lipinski definition) is 0. The van der Waals surface area contributed by atoms with Crippen LogP contribution in [0.4, 0.5) is 8.78 Å². The molecule has 2 nitrogen and oxygen atoms in total. The maximum atomic E-state index is 13.4. The molecule has 0 aliphatic rings. The molecule has 0 aromatic heterocycles. The molecule has 1 rings (SSSR count). The fourth-order valence-electron chi connectivity index (χ4n) is 1.75. The first-order valence-electron chi connectivity index (χ1n) is 6.11. The number of carbonyl (C=O) groups is 1. The molecule has 0 radical (unpaired) electrons. The minimum atomic E-state index is -0.550. The summed E-state index contributed by atoms with van der Waals surface area (Å²) in [5.74, 6) is -0.855. The van der Waals surface area contributed by atoms with E-state index in [1.807, 2.05) is 11.9 Å². The normalized spacial score (nSPS) is 10.9. The van der Waals surface area contributed by atoms with Crippen LogP contribution in [0.5, 0.6) is 0 Å². The monoisotopic (exact) mass is 255 g/mol. The van der Waals surface area contributed by atoms with Gasteiger partial charge in [0.1, 0.15) is 17.4 Å². The summed E-state index contributed by atoms with van der Waals surface area (Å²) in [4.78, 5) is 12.8. The lowest BCUT2D eigenvalue weighted by Crippen LogP contribution is -2.23. The van der Waals surface area contributed by atoms with Crippen molar-refractivity contribution in [2.24, 2.45) is 0 Å². The van der Waals surface area contributed by atoms with Crippen LogP contribution in [0.25, 0.3) is 0 Å². The van der Waals surface area contributed by atoms with Crippen molar-refractivity contribution in [3.05, 3.63) is 35.4 Å². The summed E-state index contributed by atoms with van der Waals surface area (Å²) >= 11 is 0. The highest BCUT2D eigenvalue weighted by Crippen LogP contribution is 2.10. The number of hydrogen-bond acceptors (Lipinski definition) is 2. The maximum Gasteiger partial charge on any atom is 0.129 e. The molecule has 0 aliphatic carbocycles. The largest absolute Gasteiger partial charge is 0.306 e. The van der Waals surface area contributed by atoms with Crippen molar-refractivity contribution in [3.8, 4) is 0 Å². The lowest BCUT2D eigenvalue weighted by Gasteiger charge is -2.16. The van der Waals surface area contributed by atoms with Gasteiger partial charge in [0.25, 0.3) is 0 Å². The molecule has 0 aliphatic heterocycles. The standard InChI is InChI=1S/C14H19F2NO/c1-11(18)4-3-8-17(2)9-7-12-5-6-13(15)10-14(12)16/h5-6,10H,3-4,7-9H2,1-2H3. The Morgan fingerprint density at radius 3 is 2.61 bits per heavy atom. The van der Waals surface area contributed by atoms with E-state index in [-0.39, 0.29) is 5.78 Å². The fraction of sp³-hybridized carbons (Fsp3) is 0.500. The van der Waals surface area contributed by atoms with Gasteiger partial charge in [-0.2, -0.15) is 0 Å². The van der Waals surface area contributed by atoms with E-state index in [4.69, 9.17) is 0 Å². The number of nitrogens with zero attached hydrogens (tertiary/aromatic N) is 1. The van der Waals surface area contributed by atoms with E-state index in [2.05, 4.69) is 0 Å². The maximum absolute atomic E-state index is 13.4. The van der Waals surface area contributed by atoms with E-state index in [9.17, 15) is 13.6 Å². The third-order valence-electron chi connectivity index (χ3n) is 2.85. The number of halogens is 2. The Kier molecular flexibility index (Phi) is 5.92. The zero-order valence-electron chi connectivity index (χ0n) is 10.9. The van der Waals surface area contributed by atoms with Crippen molar-refractivity contribution >= 4 is 5.78 Å². The molecule has 0 heterocycles. The first kappa shape index (κ1) is 14.8. The second-order valence-corrected chi connectivity index (χ2v) is 4.59. The molecule has 0 spiro atoms. The highest BCUT2D eigenvalue weighted by Gasteiger charge is 2.05. The number of likely N-dealkylation sites (N-methyl/N-ethyl adjacent to an activating group) is 1. The van der Waals surface area contributed by atoms with Crippen molar-refractivity contribution in [2.75, 3.05) is 20.1 Å². The van der Waals surface area contributed by atoms with Crippen LogP contribution in [0, 0.1) is 11.6 Å². The summed E-state index contributed by atoms with van der Waals surface area (Å²) in [5, 5.41) is 0. The molecule has 18 heavy (non-hydrogen) atoms. The third kappa shape index (κ3) is 5.36. The van der Waals surface area contributed by atoms with E-state index < -0.39 is 11.6 Å². The van der Waals surface area contributed by atoms with Gasteiger partial charge < -0.3 is 9.69 Å². The van der Waals surface area contributed by atoms with Crippen LogP contribution in [0.1, 0.15) is 25.3 Å². The number of rotatable bonds is 7. The average molecular weight is 255 g/mol. The van der Waals surface area contributed by atoms with Crippen LogP contribution in [-0.4, -0.2) is 30.8 Å². The Labute approximate surface area is 107 Å². The quantitative estimate of drug-likeness (QED) is 0.746. The lowest BCUT2D eigenvalue weighted by molar-refractivity contribution is -0.117. The number of benzene rings is 1. The first-order chi connectivity index (χ1) is 8.49. The second kappa shape index (κ2) is 7.21. The van der Waals surface area contributed by atoms with Gasteiger partial charge in [0, 0.05) is 19.0 Å². The van der Waals surface area contributed by atoms with Crippen molar-refractivity contribution in [3.63, 3.8) is 0 Å². The number of Topliss-reactive ketones (excluding diaryl/α,β-unsaturated/α-hetero) is 1. The molecule has 1 aromatic carbocycles. The Hall–Kier alpha value is -1.29. The predicted molar refractivity (Wildman–Crippen MR) is 67.5 cm³/mol. The van der Waals surface area contributed by atoms with Crippen molar-refractivity contribution in [1.82, 2.24) is 4.90 Å². The molecule has 0 N–H and O–H groups in total. The molecule has 4 heteroatoms. The third-order valence-corrected chi connectivity index (χ3v) is 2.85. The van der Waals surface area contributed by atoms with Gasteiger partial charge >= 0.3 is 0 Å². The number of ketones is 1. The Balaban J connectivity index is 2.33. The van der Waals surface area contributed by atoms with Gasteiger partial charge in [0.2, 0.25) is 0 Å². The van der Waals surface area contributed by atoms with Gasteiger partial charge in [-0.1, -0.05) is 6.07 Å². The first-order valence-corrected chi connectivity index (χ1v) is 6.11. The minimum absolute atomic E-state index is 0.188. The van der Waals surface area contributed by atoms with Crippen LogP contribution in [0.3, 0.4) is 0 Å². The number of carbonyl (C=O) groups excluding carboxylic acids is 1. The average Bonchev–Trinajstić information content (AvgIpc) is 2.27. The zero-order chi connectivity index (χ0) is 13.5. The fourth-order valence-corrected chi connectivity index (χ4v) is 1.75. The Bertz CT molecular complexity index is 407. The molecule has 0 atom stereocenters. The van der Waals surface area contributed by atoms with Gasteiger partial charge in [-0.25, -0.2) is 8.78 Å². The van der Waals surface area contributed by atoms with Gasteiger partial charge in [0.15, 0.2) is 0 Å². The van der Waals surface area contributed by atoms with E-state index in [0.29, 0.717) is 24.9 Å². The summed E-state index contributed by atoms with van der Waals surface area (Å²) in [6.07, 6.45) is 1.94. The van der Waals surface area contributed by atoms with Crippen LogP contribution in [0.2, 0.25) is 0 Å². The molecule has 100 valence electrons.